The number of hydrogen-bond acceptors (Lipinski definition) is 5. The number of aromatic nitrogens is 4. The van der Waals surface area contributed by atoms with Gasteiger partial charge in [0, 0.05) is 30.8 Å². The summed E-state index contributed by atoms with van der Waals surface area (Å²) in [7, 11) is 0. The highest BCUT2D eigenvalue weighted by Gasteiger charge is 2.08. The van der Waals surface area contributed by atoms with Crippen LogP contribution in [0.2, 0.25) is 0 Å². The molecule has 1 N–H and O–H groups in total. The Labute approximate surface area is 98.9 Å². The molecule has 0 aliphatic heterocycles. The molecule has 0 bridgehead atoms. The molecule has 0 spiro atoms. The molecular weight excluding hydrogens is 216 g/mol. The standard InChI is InChI=1S/C11H12N6/c1-9(8-17-6-2-3-15-17)16-11-10(7-12)13-4-5-14-11/h2-6,9H,8H2,1H3,(H,14,16). The number of hydrogen-bond donors (Lipinski definition) is 1. The van der Waals surface area contributed by atoms with E-state index in [1.165, 1.54) is 6.20 Å². The van der Waals surface area contributed by atoms with Crippen LogP contribution in [0.3, 0.4) is 0 Å². The zero-order valence-electron chi connectivity index (χ0n) is 9.41. The summed E-state index contributed by atoms with van der Waals surface area (Å²) >= 11 is 0. The Bertz CT molecular complexity index is 513. The highest BCUT2D eigenvalue weighted by Crippen LogP contribution is 2.08. The van der Waals surface area contributed by atoms with Gasteiger partial charge in [-0.15, -0.1) is 0 Å². The quantitative estimate of drug-likeness (QED) is 0.845. The molecule has 0 radical (unpaired) electrons. The third kappa shape index (κ3) is 2.78. The van der Waals surface area contributed by atoms with Crippen molar-refractivity contribution in [1.29, 1.82) is 5.26 Å². The number of anilines is 1. The predicted molar refractivity (Wildman–Crippen MR) is 62.1 cm³/mol. The molecule has 2 heterocycles. The molecule has 1 unspecified atom stereocenters. The Kier molecular flexibility index (Phi) is 3.31. The summed E-state index contributed by atoms with van der Waals surface area (Å²) in [4.78, 5) is 8.03. The SMILES string of the molecule is CC(Cn1cccn1)Nc1nccnc1C#N. The molecule has 1 atom stereocenters. The fourth-order valence-electron chi connectivity index (χ4n) is 1.49. The first kappa shape index (κ1) is 11.1. The van der Waals surface area contributed by atoms with E-state index in [0.717, 1.165) is 0 Å². The van der Waals surface area contributed by atoms with Crippen LogP contribution >= 0.6 is 0 Å². The molecule has 0 aliphatic rings. The molecular formula is C11H12N6. The van der Waals surface area contributed by atoms with Crippen LogP contribution in [0.1, 0.15) is 12.6 Å². The van der Waals surface area contributed by atoms with Crippen LogP contribution < -0.4 is 5.32 Å². The van der Waals surface area contributed by atoms with Gasteiger partial charge >= 0.3 is 0 Å². The lowest BCUT2D eigenvalue weighted by Gasteiger charge is -2.14. The Morgan fingerprint density at radius 3 is 2.94 bits per heavy atom. The van der Waals surface area contributed by atoms with E-state index in [1.54, 1.807) is 12.4 Å². The number of nitrogens with one attached hydrogen (secondary N) is 1. The molecule has 0 saturated heterocycles. The van der Waals surface area contributed by atoms with Crippen molar-refractivity contribution in [2.75, 3.05) is 5.32 Å². The first-order valence-electron chi connectivity index (χ1n) is 5.24. The summed E-state index contributed by atoms with van der Waals surface area (Å²) in [6.07, 6.45) is 6.68. The second-order valence-corrected chi connectivity index (χ2v) is 3.64. The van der Waals surface area contributed by atoms with Gasteiger partial charge in [-0.2, -0.15) is 10.4 Å². The number of rotatable bonds is 4. The Balaban J connectivity index is 2.03. The summed E-state index contributed by atoms with van der Waals surface area (Å²) in [5.74, 6) is 0.509. The highest BCUT2D eigenvalue weighted by atomic mass is 15.3. The minimum atomic E-state index is 0.110. The summed E-state index contributed by atoms with van der Waals surface area (Å²) in [6, 6.07) is 3.98. The molecule has 6 nitrogen and oxygen atoms in total. The Hall–Kier alpha value is -2.42. The van der Waals surface area contributed by atoms with Crippen molar-refractivity contribution in [3.05, 3.63) is 36.5 Å². The van der Waals surface area contributed by atoms with Gasteiger partial charge in [-0.25, -0.2) is 9.97 Å². The van der Waals surface area contributed by atoms with Crippen molar-refractivity contribution in [2.45, 2.75) is 19.5 Å². The van der Waals surface area contributed by atoms with Crippen LogP contribution in [0.4, 0.5) is 5.82 Å². The summed E-state index contributed by atoms with van der Waals surface area (Å²) in [6.45, 7) is 2.70. The van der Waals surface area contributed by atoms with Crippen molar-refractivity contribution in [3.63, 3.8) is 0 Å². The molecule has 17 heavy (non-hydrogen) atoms. The molecule has 6 heteroatoms. The largest absolute Gasteiger partial charge is 0.363 e. The van der Waals surface area contributed by atoms with Crippen molar-refractivity contribution >= 4 is 5.82 Å². The third-order valence-electron chi connectivity index (χ3n) is 2.21. The zero-order valence-corrected chi connectivity index (χ0v) is 9.41. The molecule has 0 aromatic carbocycles. The molecule has 2 aromatic rings. The maximum absolute atomic E-state index is 8.88. The second kappa shape index (κ2) is 5.07. The van der Waals surface area contributed by atoms with E-state index >= 15 is 0 Å². The van der Waals surface area contributed by atoms with Crippen molar-refractivity contribution < 1.29 is 0 Å². The minimum Gasteiger partial charge on any atom is -0.363 e. The van der Waals surface area contributed by atoms with Gasteiger partial charge in [0.2, 0.25) is 0 Å². The van der Waals surface area contributed by atoms with Gasteiger partial charge in [0.25, 0.3) is 0 Å². The van der Waals surface area contributed by atoms with Crippen molar-refractivity contribution in [1.82, 2.24) is 19.7 Å². The van der Waals surface area contributed by atoms with Gasteiger partial charge in [0.15, 0.2) is 11.5 Å². The molecule has 86 valence electrons. The van der Waals surface area contributed by atoms with Crippen LogP contribution in [-0.4, -0.2) is 25.8 Å². The maximum Gasteiger partial charge on any atom is 0.182 e. The minimum absolute atomic E-state index is 0.110. The molecule has 2 rings (SSSR count). The van der Waals surface area contributed by atoms with Crippen LogP contribution in [0.15, 0.2) is 30.9 Å². The molecule has 0 saturated carbocycles. The molecule has 0 aliphatic carbocycles. The monoisotopic (exact) mass is 228 g/mol. The van der Waals surface area contributed by atoms with Crippen LogP contribution in [0.5, 0.6) is 0 Å². The lowest BCUT2D eigenvalue weighted by atomic mass is 10.3. The summed E-state index contributed by atoms with van der Waals surface area (Å²) in [5, 5.41) is 16.1. The number of nitrogens with zero attached hydrogens (tertiary/aromatic N) is 5. The van der Waals surface area contributed by atoms with Crippen molar-refractivity contribution in [3.8, 4) is 6.07 Å². The van der Waals surface area contributed by atoms with Gasteiger partial charge in [-0.05, 0) is 13.0 Å². The normalized spacial score (nSPS) is 11.8. The van der Waals surface area contributed by atoms with Gasteiger partial charge < -0.3 is 5.32 Å². The smallest absolute Gasteiger partial charge is 0.182 e. The molecule has 2 aromatic heterocycles. The number of nitriles is 1. The lowest BCUT2D eigenvalue weighted by molar-refractivity contribution is 0.559. The lowest BCUT2D eigenvalue weighted by Crippen LogP contribution is -2.23. The van der Waals surface area contributed by atoms with Gasteiger partial charge in [-0.3, -0.25) is 4.68 Å². The predicted octanol–water partition coefficient (Wildman–Crippen LogP) is 1.05. The van der Waals surface area contributed by atoms with Gasteiger partial charge in [0.05, 0.1) is 6.54 Å². The van der Waals surface area contributed by atoms with Crippen LogP contribution in [0, 0.1) is 11.3 Å². The average molecular weight is 228 g/mol. The average Bonchev–Trinajstić information content (AvgIpc) is 2.82. The van der Waals surface area contributed by atoms with E-state index in [4.69, 9.17) is 5.26 Å². The topological polar surface area (TPSA) is 79.4 Å². The fraction of sp³-hybridized carbons (Fsp3) is 0.273. The van der Waals surface area contributed by atoms with Gasteiger partial charge in [0.1, 0.15) is 6.07 Å². The van der Waals surface area contributed by atoms with E-state index in [9.17, 15) is 0 Å². The summed E-state index contributed by atoms with van der Waals surface area (Å²) < 4.78 is 1.82. The Morgan fingerprint density at radius 1 is 1.41 bits per heavy atom. The second-order valence-electron chi connectivity index (χ2n) is 3.64. The van der Waals surface area contributed by atoms with E-state index < -0.39 is 0 Å². The van der Waals surface area contributed by atoms with Crippen LogP contribution in [0.25, 0.3) is 0 Å². The van der Waals surface area contributed by atoms with E-state index in [0.29, 0.717) is 18.1 Å². The summed E-state index contributed by atoms with van der Waals surface area (Å²) in [5.41, 5.74) is 0.305. The molecule has 0 fully saturated rings. The third-order valence-corrected chi connectivity index (χ3v) is 2.21. The first-order valence-corrected chi connectivity index (χ1v) is 5.24. The highest BCUT2D eigenvalue weighted by molar-refractivity contribution is 5.47. The van der Waals surface area contributed by atoms with Crippen LogP contribution in [-0.2, 0) is 6.54 Å². The first-order chi connectivity index (χ1) is 8.29. The van der Waals surface area contributed by atoms with Gasteiger partial charge in [-0.1, -0.05) is 0 Å². The fourth-order valence-corrected chi connectivity index (χ4v) is 1.49. The van der Waals surface area contributed by atoms with Crippen molar-refractivity contribution in [2.24, 2.45) is 0 Å². The maximum atomic E-state index is 8.88. The van der Waals surface area contributed by atoms with E-state index in [2.05, 4.69) is 20.4 Å². The molecule has 0 amide bonds. The zero-order chi connectivity index (χ0) is 12.1. The van der Waals surface area contributed by atoms with E-state index in [1.807, 2.05) is 29.9 Å². The van der Waals surface area contributed by atoms with E-state index in [-0.39, 0.29) is 6.04 Å². The Morgan fingerprint density at radius 2 is 2.24 bits per heavy atom.